The Kier molecular flexibility index (Phi) is 13.2. The van der Waals surface area contributed by atoms with E-state index in [-0.39, 0.29) is 11.5 Å². The molecule has 0 radical (unpaired) electrons. The second-order valence-electron chi connectivity index (χ2n) is 15.5. The van der Waals surface area contributed by atoms with Crippen LogP contribution in [-0.4, -0.2) is 95.2 Å². The third kappa shape index (κ3) is 9.56. The average molecular weight is 889 g/mol. The maximum Gasteiger partial charge on any atom is 0.336 e. The van der Waals surface area contributed by atoms with E-state index in [2.05, 4.69) is 40.2 Å². The zero-order valence-electron chi connectivity index (χ0n) is 33.0. The molecule has 0 spiro atoms. The minimum absolute atomic E-state index is 0.0910. The number of pyridine rings is 2. The average Bonchev–Trinajstić information content (AvgIpc) is 3.96. The lowest BCUT2D eigenvalue weighted by Crippen LogP contribution is -2.42. The number of hydrogen-bond donors (Lipinski definition) is 3. The van der Waals surface area contributed by atoms with Crippen LogP contribution in [0.5, 0.6) is 0 Å². The molecule has 312 valence electrons. The normalized spacial score (nSPS) is 17.3. The number of amides is 1. The second-order valence-corrected chi connectivity index (χ2v) is 17.2. The van der Waals surface area contributed by atoms with Crippen LogP contribution in [0.15, 0.2) is 85.2 Å². The zero-order chi connectivity index (χ0) is 41.8. The lowest BCUT2D eigenvalue weighted by molar-refractivity contribution is 0.0692. The number of halogens is 4. The van der Waals surface area contributed by atoms with E-state index in [0.717, 1.165) is 105 Å². The van der Waals surface area contributed by atoms with Crippen molar-refractivity contribution in [1.82, 2.24) is 19.8 Å². The summed E-state index contributed by atoms with van der Waals surface area (Å²) in [6, 6.07) is 22.1. The largest absolute Gasteiger partial charge is 0.478 e. The van der Waals surface area contributed by atoms with Crippen LogP contribution in [0.1, 0.15) is 57.5 Å². The molecule has 0 bridgehead atoms. The highest BCUT2D eigenvalue weighted by atomic mass is 35.5. The van der Waals surface area contributed by atoms with Gasteiger partial charge in [-0.3, -0.25) is 4.79 Å². The molecule has 2 aromatic heterocycles. The molecule has 4 aliphatic heterocycles. The van der Waals surface area contributed by atoms with Crippen LogP contribution in [-0.2, 0) is 13.1 Å². The summed E-state index contributed by atoms with van der Waals surface area (Å²) in [5.41, 5.74) is 6.03. The van der Waals surface area contributed by atoms with Gasteiger partial charge in [-0.05, 0) is 110 Å². The Balaban J connectivity index is 0.000000168. The fraction of sp³-hybridized carbons (Fsp3) is 0.333. The number of anilines is 4. The number of nitrogens with one attached hydrogen (secondary N) is 2. The Bertz CT molecular complexity index is 2380. The van der Waals surface area contributed by atoms with Crippen LogP contribution < -0.4 is 20.4 Å². The molecule has 6 heterocycles. The molecule has 3 N–H and O–H groups in total. The van der Waals surface area contributed by atoms with E-state index in [4.69, 9.17) is 46.4 Å². The summed E-state index contributed by atoms with van der Waals surface area (Å²) < 4.78 is 0. The predicted molar refractivity (Wildman–Crippen MR) is 243 cm³/mol. The highest BCUT2D eigenvalue weighted by Gasteiger charge is 2.32. The standard InChI is InChI=1S/C24H29Cl2N5O.C21H17Cl2N3O2/c25-19-5-6-21(26)18(12-19)15-30-11-7-27-23-22(30)13-17(14-28-23)24(32)31-10-3-4-20(31)16-29-8-1-2-9-29;22-15-5-6-18(23)14(9-15)12-26-8-7-24-20-19(26)10-13(11-25-20)16-3-1-2-4-17(16)21(27)28/h5-6,12-14,20H,1-4,7-11,15-16H2,(H,27,28);1-6,9-11H,7-8,12H2,(H,24,25)(H,27,28)/t20-;/m0./s1. The number of carboxylic acid groups (broad SMARTS) is 1. The van der Waals surface area contributed by atoms with Gasteiger partial charge in [0.05, 0.1) is 22.5 Å². The number of carbonyl (C=O) groups excluding carboxylic acids is 1. The molecule has 2 saturated heterocycles. The lowest BCUT2D eigenvalue weighted by Gasteiger charge is -2.33. The van der Waals surface area contributed by atoms with Crippen molar-refractivity contribution in [2.45, 2.75) is 44.8 Å². The van der Waals surface area contributed by atoms with Gasteiger partial charge in [0.1, 0.15) is 11.6 Å². The fourth-order valence-corrected chi connectivity index (χ4v) is 9.24. The molecule has 9 rings (SSSR count). The molecule has 1 atom stereocenters. The maximum atomic E-state index is 13.5. The number of aromatic carboxylic acids is 1. The third-order valence-electron chi connectivity index (χ3n) is 11.5. The molecule has 15 heteroatoms. The predicted octanol–water partition coefficient (Wildman–Crippen LogP) is 9.71. The molecule has 11 nitrogen and oxygen atoms in total. The summed E-state index contributed by atoms with van der Waals surface area (Å²) in [6.45, 7) is 8.45. The van der Waals surface area contributed by atoms with E-state index in [0.29, 0.717) is 50.3 Å². The maximum absolute atomic E-state index is 13.5. The van der Waals surface area contributed by atoms with Gasteiger partial charge >= 0.3 is 5.97 Å². The number of likely N-dealkylation sites (tertiary alicyclic amines) is 2. The Labute approximate surface area is 370 Å². The molecule has 3 aromatic carbocycles. The Morgan fingerprint density at radius 3 is 1.93 bits per heavy atom. The van der Waals surface area contributed by atoms with Crippen LogP contribution >= 0.6 is 46.4 Å². The van der Waals surface area contributed by atoms with Crippen molar-refractivity contribution in [3.05, 3.63) is 128 Å². The summed E-state index contributed by atoms with van der Waals surface area (Å²) in [5, 5.41) is 18.8. The van der Waals surface area contributed by atoms with Gasteiger partial charge in [0, 0.05) is 96.4 Å². The van der Waals surface area contributed by atoms with Crippen molar-refractivity contribution in [3.8, 4) is 11.1 Å². The van der Waals surface area contributed by atoms with Crippen molar-refractivity contribution in [2.75, 3.05) is 72.8 Å². The number of benzene rings is 3. The van der Waals surface area contributed by atoms with E-state index in [1.807, 2.05) is 36.4 Å². The van der Waals surface area contributed by atoms with E-state index in [1.165, 1.54) is 12.8 Å². The van der Waals surface area contributed by atoms with Gasteiger partial charge in [0.15, 0.2) is 0 Å². The van der Waals surface area contributed by atoms with Gasteiger partial charge in [0.2, 0.25) is 0 Å². The van der Waals surface area contributed by atoms with Gasteiger partial charge in [-0.15, -0.1) is 0 Å². The number of aromatic nitrogens is 2. The van der Waals surface area contributed by atoms with Crippen LogP contribution in [0.3, 0.4) is 0 Å². The third-order valence-corrected chi connectivity index (χ3v) is 12.7. The van der Waals surface area contributed by atoms with Crippen LogP contribution in [0.2, 0.25) is 20.1 Å². The first-order valence-electron chi connectivity index (χ1n) is 20.3. The summed E-state index contributed by atoms with van der Waals surface area (Å²) in [4.78, 5) is 43.1. The van der Waals surface area contributed by atoms with Gasteiger partial charge in [0.25, 0.3) is 5.91 Å². The van der Waals surface area contributed by atoms with E-state index in [1.54, 1.807) is 48.8 Å². The zero-order valence-corrected chi connectivity index (χ0v) is 36.0. The summed E-state index contributed by atoms with van der Waals surface area (Å²) in [6.07, 6.45) is 8.12. The van der Waals surface area contributed by atoms with Gasteiger partial charge < -0.3 is 35.3 Å². The number of rotatable bonds is 9. The molecule has 5 aromatic rings. The van der Waals surface area contributed by atoms with Crippen molar-refractivity contribution in [3.63, 3.8) is 0 Å². The van der Waals surface area contributed by atoms with Gasteiger partial charge in [-0.2, -0.15) is 0 Å². The van der Waals surface area contributed by atoms with Crippen molar-refractivity contribution < 1.29 is 14.7 Å². The first-order chi connectivity index (χ1) is 29.1. The number of carbonyl (C=O) groups is 2. The first-order valence-corrected chi connectivity index (χ1v) is 21.8. The molecule has 4 aliphatic rings. The first kappa shape index (κ1) is 41.9. The van der Waals surface area contributed by atoms with E-state index in [9.17, 15) is 14.7 Å². The number of fused-ring (bicyclic) bond motifs is 2. The Morgan fingerprint density at radius 1 is 0.700 bits per heavy atom. The minimum atomic E-state index is -0.964. The van der Waals surface area contributed by atoms with Gasteiger partial charge in [-0.25, -0.2) is 14.8 Å². The highest BCUT2D eigenvalue weighted by molar-refractivity contribution is 6.34. The lowest BCUT2D eigenvalue weighted by atomic mass is 10.0. The molecular weight excluding hydrogens is 842 g/mol. The van der Waals surface area contributed by atoms with E-state index >= 15 is 0 Å². The number of nitrogens with zero attached hydrogens (tertiary/aromatic N) is 6. The van der Waals surface area contributed by atoms with Crippen molar-refractivity contribution in [2.24, 2.45) is 0 Å². The molecule has 2 fully saturated rings. The molecule has 1 amide bonds. The minimum Gasteiger partial charge on any atom is -0.478 e. The molecule has 0 saturated carbocycles. The number of hydrogen-bond acceptors (Lipinski definition) is 9. The van der Waals surface area contributed by atoms with Crippen LogP contribution in [0.4, 0.5) is 23.0 Å². The molecule has 60 heavy (non-hydrogen) atoms. The van der Waals surface area contributed by atoms with Crippen molar-refractivity contribution >= 4 is 81.3 Å². The molecular formula is C45H46Cl4N8O3. The monoisotopic (exact) mass is 886 g/mol. The molecule has 0 unspecified atom stereocenters. The summed E-state index contributed by atoms with van der Waals surface area (Å²) >= 11 is 25.1. The smallest absolute Gasteiger partial charge is 0.336 e. The second kappa shape index (κ2) is 18.9. The van der Waals surface area contributed by atoms with Crippen LogP contribution in [0.25, 0.3) is 11.1 Å². The quantitative estimate of drug-likeness (QED) is 0.132. The number of carboxylic acids is 1. The summed E-state index contributed by atoms with van der Waals surface area (Å²) in [5.74, 6) is 0.698. The fourth-order valence-electron chi connectivity index (χ4n) is 8.50. The topological polar surface area (TPSA) is 117 Å². The Morgan fingerprint density at radius 2 is 1.30 bits per heavy atom. The SMILES string of the molecule is O=C(O)c1ccccc1-c1cnc2c(c1)N(Cc1cc(Cl)ccc1Cl)CCN2.O=C(c1cnc2c(c1)N(Cc1cc(Cl)ccc1Cl)CCN2)N1CCC[C@H]1CN1CCCC1. The van der Waals surface area contributed by atoms with Crippen molar-refractivity contribution in [1.29, 1.82) is 0 Å². The highest BCUT2D eigenvalue weighted by Crippen LogP contribution is 2.36. The van der Waals surface area contributed by atoms with E-state index < -0.39 is 5.97 Å². The Hall–Kier alpha value is -4.78. The summed E-state index contributed by atoms with van der Waals surface area (Å²) in [7, 11) is 0. The van der Waals surface area contributed by atoms with Crippen LogP contribution in [0, 0.1) is 0 Å². The van der Waals surface area contributed by atoms with Gasteiger partial charge in [-0.1, -0.05) is 64.6 Å². The molecule has 0 aliphatic carbocycles.